The number of carbonyl (C=O) groups is 1. The molecule has 0 saturated heterocycles. The van der Waals surface area contributed by atoms with Crippen LogP contribution < -0.4 is 5.32 Å². The smallest absolute Gasteiger partial charge is 0.267 e. The van der Waals surface area contributed by atoms with Gasteiger partial charge in [-0.05, 0) is 43.7 Å². The first-order valence-electron chi connectivity index (χ1n) is 6.89. The summed E-state index contributed by atoms with van der Waals surface area (Å²) in [5.41, 5.74) is 3.55. The molecule has 3 aromatic rings. The number of thiazole rings is 1. The number of hydrogen-bond donors (Lipinski definition) is 1. The van der Waals surface area contributed by atoms with Gasteiger partial charge < -0.3 is 5.32 Å². The lowest BCUT2D eigenvalue weighted by atomic mass is 10.2. The second kappa shape index (κ2) is 6.07. The highest BCUT2D eigenvalue weighted by Crippen LogP contribution is 2.28. The summed E-state index contributed by atoms with van der Waals surface area (Å²) in [6.45, 7) is 3.84. The van der Waals surface area contributed by atoms with E-state index in [1.54, 1.807) is 12.4 Å². The van der Waals surface area contributed by atoms with E-state index in [1.165, 1.54) is 11.3 Å². The number of pyridine rings is 1. The number of carbonyl (C=O) groups excluding carboxylic acids is 1. The first-order chi connectivity index (χ1) is 10.6. The van der Waals surface area contributed by atoms with E-state index in [-0.39, 0.29) is 5.91 Å². The van der Waals surface area contributed by atoms with Crippen molar-refractivity contribution in [3.8, 4) is 10.6 Å². The molecule has 0 radical (unpaired) electrons. The summed E-state index contributed by atoms with van der Waals surface area (Å²) in [7, 11) is 0. The number of aryl methyl sites for hydroxylation is 2. The molecule has 4 nitrogen and oxygen atoms in total. The minimum atomic E-state index is -0.129. The lowest BCUT2D eigenvalue weighted by Gasteiger charge is -2.04. The summed E-state index contributed by atoms with van der Waals surface area (Å²) in [5.74, 6) is -0.129. The number of benzene rings is 1. The molecule has 2 heterocycles. The van der Waals surface area contributed by atoms with Crippen LogP contribution >= 0.6 is 11.3 Å². The SMILES string of the molecule is Cc1cccc(NC(=O)c2sc(-c3cccnc3)nc2C)c1. The third-order valence-corrected chi connectivity index (χ3v) is 4.39. The van der Waals surface area contributed by atoms with Crippen molar-refractivity contribution in [2.45, 2.75) is 13.8 Å². The maximum absolute atomic E-state index is 12.4. The number of rotatable bonds is 3. The van der Waals surface area contributed by atoms with Gasteiger partial charge in [0.2, 0.25) is 0 Å². The minimum absolute atomic E-state index is 0.129. The highest BCUT2D eigenvalue weighted by Gasteiger charge is 2.16. The van der Waals surface area contributed by atoms with Crippen molar-refractivity contribution in [2.75, 3.05) is 5.32 Å². The van der Waals surface area contributed by atoms with Crippen LogP contribution in [0.4, 0.5) is 5.69 Å². The lowest BCUT2D eigenvalue weighted by molar-refractivity contribution is 0.103. The fourth-order valence-corrected chi connectivity index (χ4v) is 3.08. The molecule has 1 amide bonds. The quantitative estimate of drug-likeness (QED) is 0.793. The van der Waals surface area contributed by atoms with Crippen LogP contribution in [0, 0.1) is 13.8 Å². The molecule has 2 aromatic heterocycles. The molecular weight excluding hydrogens is 294 g/mol. The van der Waals surface area contributed by atoms with Gasteiger partial charge in [0.05, 0.1) is 5.69 Å². The fraction of sp³-hybridized carbons (Fsp3) is 0.118. The molecule has 0 bridgehead atoms. The zero-order valence-corrected chi connectivity index (χ0v) is 13.1. The van der Waals surface area contributed by atoms with Crippen LogP contribution in [0.5, 0.6) is 0 Å². The molecular formula is C17H15N3OS. The molecule has 0 saturated carbocycles. The first-order valence-corrected chi connectivity index (χ1v) is 7.71. The Bertz CT molecular complexity index is 812. The van der Waals surface area contributed by atoms with Crippen LogP contribution in [0.2, 0.25) is 0 Å². The van der Waals surface area contributed by atoms with Crippen molar-refractivity contribution >= 4 is 22.9 Å². The van der Waals surface area contributed by atoms with Crippen molar-refractivity contribution in [3.63, 3.8) is 0 Å². The Morgan fingerprint density at radius 1 is 1.18 bits per heavy atom. The summed E-state index contributed by atoms with van der Waals surface area (Å²) in [5, 5.41) is 3.73. The molecule has 110 valence electrons. The van der Waals surface area contributed by atoms with E-state index in [2.05, 4.69) is 15.3 Å². The third kappa shape index (κ3) is 3.04. The van der Waals surface area contributed by atoms with E-state index in [1.807, 2.05) is 50.2 Å². The molecule has 5 heteroatoms. The number of aromatic nitrogens is 2. The number of amides is 1. The summed E-state index contributed by atoms with van der Waals surface area (Å²) < 4.78 is 0. The summed E-state index contributed by atoms with van der Waals surface area (Å²) in [4.78, 5) is 21.6. The number of hydrogen-bond acceptors (Lipinski definition) is 4. The molecule has 1 aromatic carbocycles. The molecule has 0 aliphatic rings. The second-order valence-electron chi connectivity index (χ2n) is 5.00. The fourth-order valence-electron chi connectivity index (χ4n) is 2.13. The molecule has 0 aliphatic carbocycles. The molecule has 3 rings (SSSR count). The Hall–Kier alpha value is -2.53. The van der Waals surface area contributed by atoms with Crippen molar-refractivity contribution < 1.29 is 4.79 Å². The molecule has 1 N–H and O–H groups in total. The maximum atomic E-state index is 12.4. The van der Waals surface area contributed by atoms with Gasteiger partial charge in [0.1, 0.15) is 9.88 Å². The normalized spacial score (nSPS) is 10.5. The average Bonchev–Trinajstić information content (AvgIpc) is 2.90. The van der Waals surface area contributed by atoms with Crippen molar-refractivity contribution in [1.82, 2.24) is 9.97 Å². The van der Waals surface area contributed by atoms with E-state index in [0.29, 0.717) is 4.88 Å². The van der Waals surface area contributed by atoms with E-state index in [0.717, 1.165) is 27.5 Å². The van der Waals surface area contributed by atoms with Crippen LogP contribution in [-0.2, 0) is 0 Å². The zero-order chi connectivity index (χ0) is 15.5. The Balaban J connectivity index is 1.86. The highest BCUT2D eigenvalue weighted by atomic mass is 32.1. The molecule has 0 unspecified atom stereocenters. The van der Waals surface area contributed by atoms with Gasteiger partial charge in [0.25, 0.3) is 5.91 Å². The third-order valence-electron chi connectivity index (χ3n) is 3.19. The van der Waals surface area contributed by atoms with Crippen LogP contribution in [0.25, 0.3) is 10.6 Å². The second-order valence-corrected chi connectivity index (χ2v) is 6.00. The maximum Gasteiger partial charge on any atom is 0.267 e. The van der Waals surface area contributed by atoms with Crippen LogP contribution in [0.3, 0.4) is 0 Å². The Morgan fingerprint density at radius 2 is 2.05 bits per heavy atom. The van der Waals surface area contributed by atoms with Crippen molar-refractivity contribution in [1.29, 1.82) is 0 Å². The van der Waals surface area contributed by atoms with Gasteiger partial charge in [-0.3, -0.25) is 9.78 Å². The Morgan fingerprint density at radius 3 is 2.77 bits per heavy atom. The van der Waals surface area contributed by atoms with Gasteiger partial charge in [-0.2, -0.15) is 0 Å². The van der Waals surface area contributed by atoms with E-state index in [9.17, 15) is 4.79 Å². The Labute approximate surface area is 132 Å². The highest BCUT2D eigenvalue weighted by molar-refractivity contribution is 7.17. The van der Waals surface area contributed by atoms with Gasteiger partial charge in [0.15, 0.2) is 0 Å². The molecule has 0 fully saturated rings. The average molecular weight is 309 g/mol. The van der Waals surface area contributed by atoms with Gasteiger partial charge in [-0.25, -0.2) is 4.98 Å². The standard InChI is InChI=1S/C17H15N3OS/c1-11-5-3-7-14(9-11)20-16(21)15-12(2)19-17(22-15)13-6-4-8-18-10-13/h3-10H,1-2H3,(H,20,21). The van der Waals surface area contributed by atoms with Gasteiger partial charge in [0, 0.05) is 23.6 Å². The molecule has 0 atom stereocenters. The summed E-state index contributed by atoms with van der Waals surface area (Å²) in [6.07, 6.45) is 3.47. The number of anilines is 1. The minimum Gasteiger partial charge on any atom is -0.321 e. The van der Waals surface area contributed by atoms with Crippen LogP contribution in [-0.4, -0.2) is 15.9 Å². The lowest BCUT2D eigenvalue weighted by Crippen LogP contribution is -2.11. The van der Waals surface area contributed by atoms with Gasteiger partial charge >= 0.3 is 0 Å². The van der Waals surface area contributed by atoms with Crippen molar-refractivity contribution in [2.24, 2.45) is 0 Å². The van der Waals surface area contributed by atoms with E-state index < -0.39 is 0 Å². The molecule has 22 heavy (non-hydrogen) atoms. The first kappa shape index (κ1) is 14.4. The Kier molecular flexibility index (Phi) is 3.98. The molecule has 0 aliphatic heterocycles. The van der Waals surface area contributed by atoms with E-state index >= 15 is 0 Å². The van der Waals surface area contributed by atoms with Crippen molar-refractivity contribution in [3.05, 3.63) is 64.9 Å². The zero-order valence-electron chi connectivity index (χ0n) is 12.3. The topological polar surface area (TPSA) is 54.9 Å². The number of nitrogens with one attached hydrogen (secondary N) is 1. The number of nitrogens with zero attached hydrogens (tertiary/aromatic N) is 2. The van der Waals surface area contributed by atoms with Gasteiger partial charge in [-0.1, -0.05) is 12.1 Å². The summed E-state index contributed by atoms with van der Waals surface area (Å²) in [6, 6.07) is 11.5. The monoisotopic (exact) mass is 309 g/mol. The largest absolute Gasteiger partial charge is 0.321 e. The summed E-state index contributed by atoms with van der Waals surface area (Å²) >= 11 is 1.38. The van der Waals surface area contributed by atoms with E-state index in [4.69, 9.17) is 0 Å². The van der Waals surface area contributed by atoms with Crippen LogP contribution in [0.1, 0.15) is 20.9 Å². The van der Waals surface area contributed by atoms with Crippen LogP contribution in [0.15, 0.2) is 48.8 Å². The molecule has 0 spiro atoms. The van der Waals surface area contributed by atoms with Gasteiger partial charge in [-0.15, -0.1) is 11.3 Å². The predicted molar refractivity (Wildman–Crippen MR) is 89.2 cm³/mol. The predicted octanol–water partition coefficient (Wildman–Crippen LogP) is 4.07.